The van der Waals surface area contributed by atoms with Crippen molar-refractivity contribution in [2.75, 3.05) is 18.4 Å². The van der Waals surface area contributed by atoms with Crippen molar-refractivity contribution in [2.45, 2.75) is 22.8 Å². The van der Waals surface area contributed by atoms with Gasteiger partial charge in [0.05, 0.1) is 21.9 Å². The van der Waals surface area contributed by atoms with Gasteiger partial charge in [-0.3, -0.25) is 9.29 Å². The number of oxazole rings is 1. The monoisotopic (exact) mass is 455 g/mol. The Bertz CT molecular complexity index is 1320. The lowest BCUT2D eigenvalue weighted by Crippen LogP contribution is -2.35. The molecule has 1 atom stereocenters. The Morgan fingerprint density at radius 1 is 1.03 bits per heavy atom. The minimum Gasteiger partial charge on any atom is -0.408 e. The highest BCUT2D eigenvalue weighted by atomic mass is 32.2. The first-order valence-electron chi connectivity index (χ1n) is 8.77. The summed E-state index contributed by atoms with van der Waals surface area (Å²) in [6.07, 6.45) is 0. The molecule has 2 N–H and O–H groups in total. The van der Waals surface area contributed by atoms with E-state index < -0.39 is 31.8 Å². The largest absolute Gasteiger partial charge is 0.419 e. The lowest BCUT2D eigenvalue weighted by atomic mass is 10.3. The van der Waals surface area contributed by atoms with Gasteiger partial charge in [-0.2, -0.15) is 0 Å². The predicted molar refractivity (Wildman–Crippen MR) is 110 cm³/mol. The first-order valence-corrected chi connectivity index (χ1v) is 11.7. The van der Waals surface area contributed by atoms with Crippen LogP contribution in [0.1, 0.15) is 6.92 Å². The summed E-state index contributed by atoms with van der Waals surface area (Å²) in [7, 11) is -4.78. The fourth-order valence-electron chi connectivity index (χ4n) is 2.81. The summed E-state index contributed by atoms with van der Waals surface area (Å²) < 4.78 is 66.0. The van der Waals surface area contributed by atoms with Crippen LogP contribution in [0.25, 0.3) is 11.1 Å². The molecule has 1 unspecified atom stereocenters. The first-order chi connectivity index (χ1) is 14.0. The van der Waals surface area contributed by atoms with Gasteiger partial charge in [0.15, 0.2) is 5.58 Å². The Morgan fingerprint density at radius 2 is 1.67 bits per heavy atom. The van der Waals surface area contributed by atoms with E-state index in [1.165, 1.54) is 61.2 Å². The molecule has 10 nitrogen and oxygen atoms in total. The van der Waals surface area contributed by atoms with E-state index in [0.29, 0.717) is 5.52 Å². The van der Waals surface area contributed by atoms with Crippen molar-refractivity contribution in [3.63, 3.8) is 0 Å². The third-order valence-corrected chi connectivity index (χ3v) is 7.25. The minimum atomic E-state index is -3.99. The Balaban J connectivity index is 1.81. The fraction of sp³-hybridized carbons (Fsp3) is 0.278. The Hall–Kier alpha value is -2.67. The molecule has 162 valence electrons. The van der Waals surface area contributed by atoms with Gasteiger partial charge in [0, 0.05) is 32.0 Å². The van der Waals surface area contributed by atoms with Gasteiger partial charge in [-0.15, -0.1) is 0 Å². The number of nitrogens with one attached hydrogen (secondary N) is 2. The zero-order chi connectivity index (χ0) is 22.1. The molecule has 30 heavy (non-hydrogen) atoms. The highest BCUT2D eigenvalue weighted by molar-refractivity contribution is 7.92. The maximum Gasteiger partial charge on any atom is 0.419 e. The molecule has 3 aromatic rings. The molecule has 0 saturated carbocycles. The number of sulfonamides is 2. The lowest BCUT2D eigenvalue weighted by Gasteiger charge is -2.14. The van der Waals surface area contributed by atoms with Crippen LogP contribution in [0, 0.1) is 0 Å². The molecule has 0 spiro atoms. The van der Waals surface area contributed by atoms with Crippen LogP contribution in [0.3, 0.4) is 0 Å². The van der Waals surface area contributed by atoms with Crippen LogP contribution in [0.2, 0.25) is 0 Å². The number of nitrogens with zero attached hydrogens (tertiary/aromatic N) is 1. The number of hydrogen-bond acceptors (Lipinski definition) is 7. The molecule has 3 rings (SSSR count). The van der Waals surface area contributed by atoms with Gasteiger partial charge >= 0.3 is 5.76 Å². The van der Waals surface area contributed by atoms with Gasteiger partial charge in [-0.1, -0.05) is 0 Å². The molecule has 2 aromatic carbocycles. The molecule has 0 radical (unpaired) electrons. The average molecular weight is 456 g/mol. The third-order valence-electron chi connectivity index (χ3n) is 4.26. The van der Waals surface area contributed by atoms with E-state index in [4.69, 9.17) is 9.15 Å². The van der Waals surface area contributed by atoms with Crippen LogP contribution < -0.4 is 15.2 Å². The third kappa shape index (κ3) is 4.56. The second-order valence-electron chi connectivity index (χ2n) is 6.66. The van der Waals surface area contributed by atoms with Crippen LogP contribution in [0.4, 0.5) is 5.69 Å². The summed E-state index contributed by atoms with van der Waals surface area (Å²) in [6, 6.07) is 8.91. The number of ether oxygens (including phenoxy) is 1. The van der Waals surface area contributed by atoms with E-state index in [-0.39, 0.29) is 27.7 Å². The molecule has 0 aliphatic rings. The number of anilines is 1. The van der Waals surface area contributed by atoms with Crippen LogP contribution in [-0.2, 0) is 31.8 Å². The summed E-state index contributed by atoms with van der Waals surface area (Å²) in [4.78, 5) is 11.5. The van der Waals surface area contributed by atoms with Crippen molar-refractivity contribution in [3.05, 3.63) is 53.0 Å². The van der Waals surface area contributed by atoms with Crippen LogP contribution in [-0.4, -0.2) is 41.2 Å². The fourth-order valence-corrected chi connectivity index (χ4v) is 5.12. The van der Waals surface area contributed by atoms with Crippen molar-refractivity contribution < 1.29 is 26.0 Å². The van der Waals surface area contributed by atoms with Crippen molar-refractivity contribution >= 4 is 36.8 Å². The van der Waals surface area contributed by atoms with Gasteiger partial charge in [0.1, 0.15) is 0 Å². The van der Waals surface area contributed by atoms with Gasteiger partial charge in [0.25, 0.3) is 10.0 Å². The molecule has 0 aliphatic heterocycles. The van der Waals surface area contributed by atoms with Crippen LogP contribution in [0.15, 0.2) is 61.5 Å². The zero-order valence-electron chi connectivity index (χ0n) is 16.4. The summed E-state index contributed by atoms with van der Waals surface area (Å²) in [5.41, 5.74) is 0.778. The van der Waals surface area contributed by atoms with Gasteiger partial charge in [-0.25, -0.2) is 26.4 Å². The number of hydrogen-bond donors (Lipinski definition) is 2. The number of aromatic nitrogens is 1. The number of aryl methyl sites for hydroxylation is 1. The SMILES string of the molecule is COCC(C)NS(=O)(=O)c1ccc(NS(=O)(=O)c2ccc3c(c2)oc(=O)n3C)cc1. The molecule has 0 saturated heterocycles. The number of fused-ring (bicyclic) bond motifs is 1. The molecule has 12 heteroatoms. The van der Waals surface area contributed by atoms with Crippen LogP contribution in [0.5, 0.6) is 0 Å². The number of methoxy groups -OCH3 is 1. The highest BCUT2D eigenvalue weighted by Crippen LogP contribution is 2.22. The number of rotatable bonds is 8. The zero-order valence-corrected chi connectivity index (χ0v) is 18.1. The average Bonchev–Trinajstić information content (AvgIpc) is 2.95. The normalized spacial score (nSPS) is 13.4. The predicted octanol–water partition coefficient (Wildman–Crippen LogP) is 1.25. The topological polar surface area (TPSA) is 137 Å². The highest BCUT2D eigenvalue weighted by Gasteiger charge is 2.19. The van der Waals surface area contributed by atoms with Crippen molar-refractivity contribution in [2.24, 2.45) is 7.05 Å². The Labute approximate surface area is 173 Å². The molecular formula is C18H21N3O7S2. The second kappa shape index (κ2) is 8.22. The maximum atomic E-state index is 12.7. The molecule has 0 aliphatic carbocycles. The molecule has 0 amide bonds. The minimum absolute atomic E-state index is 0.0131. The van der Waals surface area contributed by atoms with E-state index in [2.05, 4.69) is 9.44 Å². The van der Waals surface area contributed by atoms with E-state index in [1.54, 1.807) is 6.92 Å². The van der Waals surface area contributed by atoms with Gasteiger partial charge < -0.3 is 9.15 Å². The quantitative estimate of drug-likeness (QED) is 0.521. The molecule has 0 fully saturated rings. The summed E-state index contributed by atoms with van der Waals surface area (Å²) in [6.45, 7) is 1.87. The smallest absolute Gasteiger partial charge is 0.408 e. The van der Waals surface area contributed by atoms with E-state index in [0.717, 1.165) is 0 Å². The lowest BCUT2D eigenvalue weighted by molar-refractivity contribution is 0.180. The molecule has 1 heterocycles. The first kappa shape index (κ1) is 22.0. The van der Waals surface area contributed by atoms with Crippen LogP contribution >= 0.6 is 0 Å². The van der Waals surface area contributed by atoms with Crippen molar-refractivity contribution in [1.82, 2.24) is 9.29 Å². The Morgan fingerprint density at radius 3 is 2.30 bits per heavy atom. The molecular weight excluding hydrogens is 434 g/mol. The number of benzene rings is 2. The van der Waals surface area contributed by atoms with E-state index in [1.807, 2.05) is 0 Å². The van der Waals surface area contributed by atoms with Crippen molar-refractivity contribution in [3.8, 4) is 0 Å². The Kier molecular flexibility index (Phi) is 6.04. The standard InChI is InChI=1S/C18H21N3O7S2/c1-12(11-27-3)19-29(23,24)14-6-4-13(5-7-14)20-30(25,26)15-8-9-16-17(10-15)28-18(22)21(16)2/h4-10,12,19-20H,11H2,1-3H3. The van der Waals surface area contributed by atoms with Gasteiger partial charge in [0.2, 0.25) is 10.0 Å². The van der Waals surface area contributed by atoms with Crippen molar-refractivity contribution in [1.29, 1.82) is 0 Å². The summed E-state index contributed by atoms with van der Waals surface area (Å²) in [5, 5.41) is 0. The summed E-state index contributed by atoms with van der Waals surface area (Å²) in [5.74, 6) is -0.599. The van der Waals surface area contributed by atoms with E-state index in [9.17, 15) is 21.6 Å². The van der Waals surface area contributed by atoms with Gasteiger partial charge in [-0.05, 0) is 43.3 Å². The maximum absolute atomic E-state index is 12.7. The van der Waals surface area contributed by atoms with E-state index >= 15 is 0 Å². The molecule has 0 bridgehead atoms. The second-order valence-corrected chi connectivity index (χ2v) is 10.1. The summed E-state index contributed by atoms with van der Waals surface area (Å²) >= 11 is 0. The molecule has 1 aromatic heterocycles.